The van der Waals surface area contributed by atoms with Crippen molar-refractivity contribution in [1.82, 2.24) is 4.90 Å². The molecule has 0 fully saturated rings. The van der Waals surface area contributed by atoms with Gasteiger partial charge in [-0.25, -0.2) is 8.78 Å². The highest BCUT2D eigenvalue weighted by Gasteiger charge is 2.34. The molecule has 0 aromatic heterocycles. The Labute approximate surface area is 129 Å². The summed E-state index contributed by atoms with van der Waals surface area (Å²) in [5, 5.41) is 0. The van der Waals surface area contributed by atoms with Gasteiger partial charge in [-0.05, 0) is 18.2 Å². The average Bonchev–Trinajstić information content (AvgIpc) is 2.44. The van der Waals surface area contributed by atoms with Gasteiger partial charge in [0, 0.05) is 12.7 Å². The SMILES string of the molecule is COCCOc1cccc(C(=O)N(CC(F)F)CC(F)(F)F)c1. The predicted octanol–water partition coefficient (Wildman–Crippen LogP) is 2.98. The van der Waals surface area contributed by atoms with Crippen LogP contribution in [0.5, 0.6) is 5.75 Å². The number of amides is 1. The molecule has 0 unspecified atom stereocenters. The first-order valence-corrected chi connectivity index (χ1v) is 6.59. The summed E-state index contributed by atoms with van der Waals surface area (Å²) in [5.74, 6) is -0.906. The van der Waals surface area contributed by atoms with E-state index in [1.54, 1.807) is 0 Å². The van der Waals surface area contributed by atoms with Gasteiger partial charge in [-0.3, -0.25) is 4.79 Å². The van der Waals surface area contributed by atoms with Crippen molar-refractivity contribution in [2.24, 2.45) is 0 Å². The van der Waals surface area contributed by atoms with Gasteiger partial charge >= 0.3 is 6.18 Å². The number of halogens is 5. The van der Waals surface area contributed by atoms with Crippen LogP contribution in [-0.4, -0.2) is 56.8 Å². The van der Waals surface area contributed by atoms with Gasteiger partial charge in [0.05, 0.1) is 13.2 Å². The third-order valence-corrected chi connectivity index (χ3v) is 2.65. The molecular formula is C14H16F5NO3. The molecule has 0 aliphatic rings. The Morgan fingerprint density at radius 2 is 1.96 bits per heavy atom. The summed E-state index contributed by atoms with van der Waals surface area (Å²) < 4.78 is 72.2. The lowest BCUT2D eigenvalue weighted by atomic mass is 10.2. The molecule has 0 bridgehead atoms. The third-order valence-electron chi connectivity index (χ3n) is 2.65. The molecular weight excluding hydrogens is 325 g/mol. The molecule has 0 radical (unpaired) electrons. The Hall–Kier alpha value is -1.90. The zero-order valence-electron chi connectivity index (χ0n) is 12.3. The Kier molecular flexibility index (Phi) is 7.21. The number of hydrogen-bond acceptors (Lipinski definition) is 3. The largest absolute Gasteiger partial charge is 0.491 e. The molecule has 1 aromatic rings. The van der Waals surface area contributed by atoms with Crippen LogP contribution < -0.4 is 4.74 Å². The standard InChI is InChI=1S/C14H16F5NO3/c1-22-5-6-23-11-4-2-3-10(7-11)13(21)20(8-12(15)16)9-14(17,18)19/h2-4,7,12H,5-6,8-9H2,1H3. The number of rotatable bonds is 8. The second-order valence-electron chi connectivity index (χ2n) is 4.56. The minimum atomic E-state index is -4.77. The Morgan fingerprint density at radius 1 is 1.26 bits per heavy atom. The molecule has 0 aliphatic heterocycles. The molecule has 4 nitrogen and oxygen atoms in total. The van der Waals surface area contributed by atoms with Crippen LogP contribution in [0.15, 0.2) is 24.3 Å². The molecule has 0 saturated carbocycles. The lowest BCUT2D eigenvalue weighted by Gasteiger charge is -2.23. The smallest absolute Gasteiger partial charge is 0.406 e. The molecule has 0 heterocycles. The normalized spacial score (nSPS) is 11.6. The Balaban J connectivity index is 2.87. The molecule has 0 atom stereocenters. The van der Waals surface area contributed by atoms with Crippen molar-refractivity contribution in [2.45, 2.75) is 12.6 Å². The maximum absolute atomic E-state index is 12.4. The first-order valence-electron chi connectivity index (χ1n) is 6.59. The summed E-state index contributed by atoms with van der Waals surface area (Å²) in [6, 6.07) is 5.32. The highest BCUT2D eigenvalue weighted by atomic mass is 19.4. The number of nitrogens with zero attached hydrogens (tertiary/aromatic N) is 1. The lowest BCUT2D eigenvalue weighted by molar-refractivity contribution is -0.143. The maximum Gasteiger partial charge on any atom is 0.406 e. The zero-order chi connectivity index (χ0) is 17.5. The fourth-order valence-electron chi connectivity index (χ4n) is 1.75. The first kappa shape index (κ1) is 19.1. The number of carbonyl (C=O) groups is 1. The van der Waals surface area contributed by atoms with Gasteiger partial charge in [-0.2, -0.15) is 13.2 Å². The van der Waals surface area contributed by atoms with E-state index in [1.165, 1.54) is 31.4 Å². The fourth-order valence-corrected chi connectivity index (χ4v) is 1.75. The number of benzene rings is 1. The lowest BCUT2D eigenvalue weighted by Crippen LogP contribution is -2.41. The van der Waals surface area contributed by atoms with Gasteiger partial charge in [-0.1, -0.05) is 6.07 Å². The van der Waals surface area contributed by atoms with E-state index in [-0.39, 0.29) is 29.4 Å². The zero-order valence-corrected chi connectivity index (χ0v) is 12.3. The van der Waals surface area contributed by atoms with Crippen LogP contribution in [0.3, 0.4) is 0 Å². The van der Waals surface area contributed by atoms with Gasteiger partial charge in [0.15, 0.2) is 0 Å². The van der Waals surface area contributed by atoms with E-state index in [0.717, 1.165) is 0 Å². The van der Waals surface area contributed by atoms with E-state index < -0.39 is 31.6 Å². The van der Waals surface area contributed by atoms with Crippen molar-refractivity contribution in [3.63, 3.8) is 0 Å². The summed E-state index contributed by atoms with van der Waals surface area (Å²) in [4.78, 5) is 12.1. The Bertz CT molecular complexity index is 507. The molecule has 130 valence electrons. The quantitative estimate of drug-likeness (QED) is 0.539. The predicted molar refractivity (Wildman–Crippen MR) is 71.8 cm³/mol. The summed E-state index contributed by atoms with van der Waals surface area (Å²) in [7, 11) is 1.46. The minimum Gasteiger partial charge on any atom is -0.491 e. The van der Waals surface area contributed by atoms with Crippen molar-refractivity contribution >= 4 is 5.91 Å². The molecule has 23 heavy (non-hydrogen) atoms. The van der Waals surface area contributed by atoms with E-state index in [2.05, 4.69) is 0 Å². The summed E-state index contributed by atoms with van der Waals surface area (Å²) in [6.45, 7) is -2.58. The van der Waals surface area contributed by atoms with Gasteiger partial charge in [0.2, 0.25) is 0 Å². The van der Waals surface area contributed by atoms with E-state index in [9.17, 15) is 26.7 Å². The topological polar surface area (TPSA) is 38.8 Å². The number of alkyl halides is 5. The number of methoxy groups -OCH3 is 1. The van der Waals surface area contributed by atoms with Gasteiger partial charge in [-0.15, -0.1) is 0 Å². The molecule has 0 N–H and O–H groups in total. The van der Waals surface area contributed by atoms with E-state index in [4.69, 9.17) is 9.47 Å². The second-order valence-corrected chi connectivity index (χ2v) is 4.56. The fraction of sp³-hybridized carbons (Fsp3) is 0.500. The van der Waals surface area contributed by atoms with Crippen molar-refractivity contribution in [3.05, 3.63) is 29.8 Å². The van der Waals surface area contributed by atoms with Crippen molar-refractivity contribution < 1.29 is 36.2 Å². The van der Waals surface area contributed by atoms with Gasteiger partial charge in [0.25, 0.3) is 12.3 Å². The van der Waals surface area contributed by atoms with Crippen LogP contribution in [0.2, 0.25) is 0 Å². The van der Waals surface area contributed by atoms with Crippen LogP contribution >= 0.6 is 0 Å². The highest BCUT2D eigenvalue weighted by Crippen LogP contribution is 2.21. The van der Waals surface area contributed by atoms with Crippen molar-refractivity contribution in [1.29, 1.82) is 0 Å². The van der Waals surface area contributed by atoms with Crippen LogP contribution in [0.1, 0.15) is 10.4 Å². The van der Waals surface area contributed by atoms with E-state index >= 15 is 0 Å². The molecule has 0 spiro atoms. The molecule has 0 saturated heterocycles. The van der Waals surface area contributed by atoms with Crippen LogP contribution in [0.25, 0.3) is 0 Å². The van der Waals surface area contributed by atoms with Gasteiger partial charge < -0.3 is 14.4 Å². The van der Waals surface area contributed by atoms with Gasteiger partial charge in [0.1, 0.15) is 18.9 Å². The molecule has 1 amide bonds. The summed E-state index contributed by atoms with van der Waals surface area (Å²) in [5.41, 5.74) is -0.162. The number of carbonyl (C=O) groups excluding carboxylic acids is 1. The van der Waals surface area contributed by atoms with Crippen LogP contribution in [0.4, 0.5) is 22.0 Å². The third kappa shape index (κ3) is 7.27. The van der Waals surface area contributed by atoms with E-state index in [0.29, 0.717) is 0 Å². The summed E-state index contributed by atoms with van der Waals surface area (Å²) >= 11 is 0. The van der Waals surface area contributed by atoms with Crippen LogP contribution in [0, 0.1) is 0 Å². The Morgan fingerprint density at radius 3 is 2.52 bits per heavy atom. The number of hydrogen-bond donors (Lipinski definition) is 0. The average molecular weight is 341 g/mol. The van der Waals surface area contributed by atoms with Crippen molar-refractivity contribution in [3.8, 4) is 5.75 Å². The summed E-state index contributed by atoms with van der Waals surface area (Å²) in [6.07, 6.45) is -7.83. The minimum absolute atomic E-state index is 0.0684. The van der Waals surface area contributed by atoms with Crippen molar-refractivity contribution in [2.75, 3.05) is 33.4 Å². The highest BCUT2D eigenvalue weighted by molar-refractivity contribution is 5.94. The van der Waals surface area contributed by atoms with Crippen LogP contribution in [-0.2, 0) is 4.74 Å². The monoisotopic (exact) mass is 341 g/mol. The number of ether oxygens (including phenoxy) is 2. The second kappa shape index (κ2) is 8.66. The molecule has 9 heteroatoms. The molecule has 1 rings (SSSR count). The first-order chi connectivity index (χ1) is 10.7. The maximum atomic E-state index is 12.4. The molecule has 0 aliphatic carbocycles. The van der Waals surface area contributed by atoms with E-state index in [1.807, 2.05) is 0 Å². The molecule has 1 aromatic carbocycles.